The highest BCUT2D eigenvalue weighted by molar-refractivity contribution is 5.77. The fourth-order valence-electron chi connectivity index (χ4n) is 2.78. The van der Waals surface area contributed by atoms with Gasteiger partial charge in [0.05, 0.1) is 18.2 Å². The summed E-state index contributed by atoms with van der Waals surface area (Å²) in [5.41, 5.74) is 2.78. The van der Waals surface area contributed by atoms with Crippen molar-refractivity contribution in [2.24, 2.45) is 5.92 Å². The number of ether oxygens (including phenoxy) is 1. The van der Waals surface area contributed by atoms with E-state index in [1.54, 1.807) is 0 Å². The highest BCUT2D eigenvalue weighted by Gasteiger charge is 2.46. The third kappa shape index (κ3) is 2.73. The first-order valence-electron chi connectivity index (χ1n) is 7.55. The van der Waals surface area contributed by atoms with Crippen LogP contribution >= 0.6 is 0 Å². The number of hydrogen-bond donors (Lipinski definition) is 0. The maximum absolute atomic E-state index is 11.8. The van der Waals surface area contributed by atoms with Crippen LogP contribution in [0.4, 0.5) is 0 Å². The van der Waals surface area contributed by atoms with Gasteiger partial charge in [0.15, 0.2) is 0 Å². The Morgan fingerprint density at radius 1 is 1.32 bits per heavy atom. The lowest BCUT2D eigenvalue weighted by Crippen LogP contribution is -2.08. The zero-order chi connectivity index (χ0) is 15.9. The number of esters is 1. The van der Waals surface area contributed by atoms with E-state index in [9.17, 15) is 4.79 Å². The zero-order valence-electron chi connectivity index (χ0n) is 13.3. The Hall–Kier alpha value is -2.24. The molecule has 6 nitrogen and oxygen atoms in total. The highest BCUT2D eigenvalue weighted by atomic mass is 16.5. The highest BCUT2D eigenvalue weighted by Crippen LogP contribution is 2.47. The van der Waals surface area contributed by atoms with Crippen LogP contribution in [0.1, 0.15) is 42.3 Å². The van der Waals surface area contributed by atoms with Gasteiger partial charge < -0.3 is 4.74 Å². The number of nitrogens with zero attached hydrogens (tertiary/aromatic N) is 4. The lowest BCUT2D eigenvalue weighted by Gasteiger charge is -2.08. The Bertz CT molecular complexity index is 723. The molecule has 0 bridgehead atoms. The molecule has 1 aliphatic rings. The van der Waals surface area contributed by atoms with Crippen molar-refractivity contribution in [2.75, 3.05) is 6.61 Å². The van der Waals surface area contributed by atoms with Crippen LogP contribution in [0.5, 0.6) is 0 Å². The van der Waals surface area contributed by atoms with Crippen molar-refractivity contribution in [1.29, 1.82) is 0 Å². The van der Waals surface area contributed by atoms with Crippen molar-refractivity contribution in [3.63, 3.8) is 0 Å². The second-order valence-corrected chi connectivity index (χ2v) is 5.71. The van der Waals surface area contributed by atoms with Crippen LogP contribution in [0, 0.1) is 26.7 Å². The summed E-state index contributed by atoms with van der Waals surface area (Å²) < 4.78 is 6.91. The predicted molar refractivity (Wildman–Crippen MR) is 80.8 cm³/mol. The Labute approximate surface area is 129 Å². The minimum Gasteiger partial charge on any atom is -0.466 e. The van der Waals surface area contributed by atoms with Gasteiger partial charge in [0, 0.05) is 17.3 Å². The van der Waals surface area contributed by atoms with E-state index in [0.29, 0.717) is 6.61 Å². The minimum absolute atomic E-state index is 0.0549. The molecule has 0 aromatic carbocycles. The van der Waals surface area contributed by atoms with Crippen molar-refractivity contribution < 1.29 is 9.53 Å². The summed E-state index contributed by atoms with van der Waals surface area (Å²) >= 11 is 0. The lowest BCUT2D eigenvalue weighted by atomic mass is 10.2. The number of aromatic nitrogens is 4. The molecular weight excluding hydrogens is 280 g/mol. The molecule has 2 heterocycles. The standard InChI is InChI=1S/C16H20N4O2/c1-5-22-16(21)14-8-13(14)15-7-12(6-9(2)17-15)20-11(4)18-10(3)19-20/h6-7,13-14H,5,8H2,1-4H3/t13-,14-/m0/s1. The molecule has 116 valence electrons. The fourth-order valence-corrected chi connectivity index (χ4v) is 2.78. The summed E-state index contributed by atoms with van der Waals surface area (Å²) in [5.74, 6) is 1.56. The monoisotopic (exact) mass is 300 g/mol. The Morgan fingerprint density at radius 2 is 2.09 bits per heavy atom. The molecule has 2 atom stereocenters. The molecule has 22 heavy (non-hydrogen) atoms. The van der Waals surface area contributed by atoms with Crippen molar-refractivity contribution in [3.05, 3.63) is 35.2 Å². The van der Waals surface area contributed by atoms with Crippen LogP contribution in [0.25, 0.3) is 5.69 Å². The van der Waals surface area contributed by atoms with E-state index in [1.807, 2.05) is 44.5 Å². The van der Waals surface area contributed by atoms with Crippen molar-refractivity contribution >= 4 is 5.97 Å². The molecule has 0 amide bonds. The van der Waals surface area contributed by atoms with Gasteiger partial charge in [0.25, 0.3) is 0 Å². The Morgan fingerprint density at radius 3 is 2.73 bits per heavy atom. The van der Waals surface area contributed by atoms with E-state index in [0.717, 1.165) is 35.1 Å². The van der Waals surface area contributed by atoms with Gasteiger partial charge in [0.2, 0.25) is 0 Å². The molecule has 2 aromatic heterocycles. The van der Waals surface area contributed by atoms with Gasteiger partial charge in [-0.3, -0.25) is 9.78 Å². The summed E-state index contributed by atoms with van der Waals surface area (Å²) in [6.45, 7) is 8.00. The van der Waals surface area contributed by atoms with Crippen molar-refractivity contribution in [2.45, 2.75) is 40.0 Å². The van der Waals surface area contributed by atoms with Gasteiger partial charge in [0.1, 0.15) is 11.6 Å². The molecule has 1 fully saturated rings. The molecule has 0 N–H and O–H groups in total. The lowest BCUT2D eigenvalue weighted by molar-refractivity contribution is -0.144. The quantitative estimate of drug-likeness (QED) is 0.810. The zero-order valence-corrected chi connectivity index (χ0v) is 13.3. The van der Waals surface area contributed by atoms with Gasteiger partial charge in [-0.1, -0.05) is 0 Å². The van der Waals surface area contributed by atoms with Crippen LogP contribution in [0.2, 0.25) is 0 Å². The van der Waals surface area contributed by atoms with E-state index in [2.05, 4.69) is 15.1 Å². The SMILES string of the molecule is CCOC(=O)[C@H]1C[C@@H]1c1cc(-n2nc(C)nc2C)cc(C)n1. The Balaban J connectivity index is 1.89. The summed E-state index contributed by atoms with van der Waals surface area (Å²) in [6.07, 6.45) is 0.810. The summed E-state index contributed by atoms with van der Waals surface area (Å²) in [7, 11) is 0. The van der Waals surface area contributed by atoms with Crippen LogP contribution in [-0.2, 0) is 9.53 Å². The van der Waals surface area contributed by atoms with E-state index in [1.165, 1.54) is 0 Å². The Kier molecular flexibility index (Phi) is 3.68. The van der Waals surface area contributed by atoms with Crippen LogP contribution in [0.15, 0.2) is 12.1 Å². The third-order valence-corrected chi connectivity index (χ3v) is 3.84. The number of hydrogen-bond acceptors (Lipinski definition) is 5. The second kappa shape index (κ2) is 5.51. The number of rotatable bonds is 4. The molecule has 3 rings (SSSR count). The average Bonchev–Trinajstić information content (AvgIpc) is 3.18. The molecule has 0 aliphatic heterocycles. The molecule has 1 saturated carbocycles. The molecule has 0 unspecified atom stereocenters. The van der Waals surface area contributed by atoms with Gasteiger partial charge in [-0.05, 0) is 46.2 Å². The molecule has 0 saturated heterocycles. The van der Waals surface area contributed by atoms with E-state index in [-0.39, 0.29) is 17.8 Å². The summed E-state index contributed by atoms with van der Waals surface area (Å²) in [4.78, 5) is 20.7. The van der Waals surface area contributed by atoms with Gasteiger partial charge >= 0.3 is 5.97 Å². The number of pyridine rings is 1. The largest absolute Gasteiger partial charge is 0.466 e. The maximum atomic E-state index is 11.8. The van der Waals surface area contributed by atoms with Gasteiger partial charge in [-0.15, -0.1) is 0 Å². The number of carbonyl (C=O) groups is 1. The van der Waals surface area contributed by atoms with E-state index in [4.69, 9.17) is 4.74 Å². The first kappa shape index (κ1) is 14.7. The first-order chi connectivity index (χ1) is 10.5. The van der Waals surface area contributed by atoms with Gasteiger partial charge in [-0.25, -0.2) is 9.67 Å². The smallest absolute Gasteiger partial charge is 0.309 e. The summed E-state index contributed by atoms with van der Waals surface area (Å²) in [5, 5.41) is 4.41. The van der Waals surface area contributed by atoms with Gasteiger partial charge in [-0.2, -0.15) is 5.10 Å². The third-order valence-electron chi connectivity index (χ3n) is 3.84. The fraction of sp³-hybridized carbons (Fsp3) is 0.500. The van der Waals surface area contributed by atoms with Crippen LogP contribution in [-0.4, -0.2) is 32.3 Å². The number of aryl methyl sites for hydroxylation is 3. The van der Waals surface area contributed by atoms with Crippen molar-refractivity contribution in [3.8, 4) is 5.69 Å². The van der Waals surface area contributed by atoms with E-state index >= 15 is 0 Å². The molecule has 2 aromatic rings. The van der Waals surface area contributed by atoms with Crippen LogP contribution in [0.3, 0.4) is 0 Å². The second-order valence-electron chi connectivity index (χ2n) is 5.71. The molecule has 6 heteroatoms. The number of carbonyl (C=O) groups excluding carboxylic acids is 1. The summed E-state index contributed by atoms with van der Waals surface area (Å²) in [6, 6.07) is 3.98. The maximum Gasteiger partial charge on any atom is 0.309 e. The molecule has 1 aliphatic carbocycles. The topological polar surface area (TPSA) is 69.9 Å². The van der Waals surface area contributed by atoms with Crippen molar-refractivity contribution in [1.82, 2.24) is 19.7 Å². The molecule has 0 spiro atoms. The average molecular weight is 300 g/mol. The predicted octanol–water partition coefficient (Wildman–Crippen LogP) is 2.25. The van der Waals surface area contributed by atoms with Crippen LogP contribution < -0.4 is 0 Å². The normalized spacial score (nSPS) is 20.0. The molecular formula is C16H20N4O2. The van der Waals surface area contributed by atoms with E-state index < -0.39 is 0 Å². The molecule has 0 radical (unpaired) electrons. The minimum atomic E-state index is -0.120. The first-order valence-corrected chi connectivity index (χ1v) is 7.55.